The number of halogens is 1. The van der Waals surface area contributed by atoms with E-state index in [1.807, 2.05) is 12.1 Å². The summed E-state index contributed by atoms with van der Waals surface area (Å²) < 4.78 is 12.7. The van der Waals surface area contributed by atoms with Crippen molar-refractivity contribution in [1.29, 1.82) is 0 Å². The molecule has 4 rings (SSSR count). The topological polar surface area (TPSA) is 63.7 Å². The van der Waals surface area contributed by atoms with Gasteiger partial charge in [-0.25, -0.2) is 4.98 Å². The van der Waals surface area contributed by atoms with E-state index in [4.69, 9.17) is 21.1 Å². The summed E-state index contributed by atoms with van der Waals surface area (Å²) in [6, 6.07) is 5.53. The summed E-state index contributed by atoms with van der Waals surface area (Å²) in [6.45, 7) is 2.66. The zero-order valence-electron chi connectivity index (χ0n) is 14.7. The lowest BCUT2D eigenvalue weighted by atomic mass is 9.87. The van der Waals surface area contributed by atoms with E-state index in [-0.39, 0.29) is 17.6 Å². The van der Waals surface area contributed by atoms with Crippen LogP contribution in [0.5, 0.6) is 0 Å². The molecule has 0 bridgehead atoms. The number of methoxy groups -OCH3 is 1. The molecule has 2 aliphatic rings. The number of hydrogen-bond acceptors (Lipinski definition) is 6. The maximum Gasteiger partial charge on any atom is 0.240 e. The first kappa shape index (κ1) is 18.1. The molecule has 2 fully saturated rings. The van der Waals surface area contributed by atoms with Gasteiger partial charge < -0.3 is 14.8 Å². The molecule has 2 aliphatic heterocycles. The molecule has 140 valence electrons. The van der Waals surface area contributed by atoms with Crippen LogP contribution in [0.15, 0.2) is 18.2 Å². The van der Waals surface area contributed by atoms with Crippen LogP contribution in [-0.2, 0) is 14.3 Å². The van der Waals surface area contributed by atoms with Crippen molar-refractivity contribution in [1.82, 2.24) is 9.88 Å². The molecule has 1 aromatic carbocycles. The Labute approximate surface area is 161 Å². The number of ether oxygens (including phenoxy) is 2. The first-order valence-corrected chi connectivity index (χ1v) is 10.0. The van der Waals surface area contributed by atoms with Crippen LogP contribution in [0.3, 0.4) is 0 Å². The third-order valence-electron chi connectivity index (χ3n) is 5.17. The highest BCUT2D eigenvalue weighted by atomic mass is 35.5. The Hall–Kier alpha value is -1.25. The molecule has 1 N–H and O–H groups in total. The molecule has 2 atom stereocenters. The van der Waals surface area contributed by atoms with Crippen molar-refractivity contribution in [2.75, 3.05) is 38.7 Å². The number of benzene rings is 1. The van der Waals surface area contributed by atoms with Gasteiger partial charge in [0.1, 0.15) is 5.60 Å². The minimum absolute atomic E-state index is 0.0563. The number of likely N-dealkylation sites (tertiary alicyclic amines) is 1. The van der Waals surface area contributed by atoms with E-state index in [0.717, 1.165) is 49.2 Å². The maximum atomic E-state index is 12.5. The second kappa shape index (κ2) is 7.40. The Balaban J connectivity index is 1.39. The Morgan fingerprint density at radius 3 is 3.23 bits per heavy atom. The fourth-order valence-electron chi connectivity index (χ4n) is 4.00. The molecule has 1 spiro atoms. The molecule has 0 saturated carbocycles. The van der Waals surface area contributed by atoms with Crippen LogP contribution < -0.4 is 5.32 Å². The number of rotatable bonds is 4. The normalized spacial score (nSPS) is 26.6. The molecule has 3 heterocycles. The second-order valence-corrected chi connectivity index (χ2v) is 8.39. The minimum Gasteiger partial charge on any atom is -0.378 e. The van der Waals surface area contributed by atoms with Gasteiger partial charge in [-0.2, -0.15) is 0 Å². The lowest BCUT2D eigenvalue weighted by Gasteiger charge is -2.44. The van der Waals surface area contributed by atoms with Crippen LogP contribution in [0.4, 0.5) is 5.13 Å². The van der Waals surface area contributed by atoms with Gasteiger partial charge in [0.15, 0.2) is 5.13 Å². The summed E-state index contributed by atoms with van der Waals surface area (Å²) in [7, 11) is 1.75. The molecule has 26 heavy (non-hydrogen) atoms. The molecular weight excluding hydrogens is 374 g/mol. The summed E-state index contributed by atoms with van der Waals surface area (Å²) in [4.78, 5) is 19.1. The second-order valence-electron chi connectivity index (χ2n) is 6.92. The maximum absolute atomic E-state index is 12.5. The van der Waals surface area contributed by atoms with Crippen LogP contribution in [0.1, 0.15) is 19.3 Å². The molecule has 0 aliphatic carbocycles. The van der Waals surface area contributed by atoms with Gasteiger partial charge in [0.2, 0.25) is 5.91 Å². The average molecular weight is 396 g/mol. The van der Waals surface area contributed by atoms with Gasteiger partial charge in [-0.1, -0.05) is 22.9 Å². The van der Waals surface area contributed by atoms with E-state index in [1.165, 1.54) is 11.3 Å². The number of anilines is 1. The van der Waals surface area contributed by atoms with E-state index in [1.54, 1.807) is 13.2 Å². The Morgan fingerprint density at radius 2 is 2.46 bits per heavy atom. The van der Waals surface area contributed by atoms with Gasteiger partial charge >= 0.3 is 0 Å². The SMILES string of the molecule is CO[C@@H]1CCN(CC(=O)Nc2nc3ccc(Cl)cc3s2)C[C@@]12CCCO2. The van der Waals surface area contributed by atoms with Crippen LogP contribution in [0.25, 0.3) is 10.2 Å². The molecular formula is C18H22ClN3O3S. The quantitative estimate of drug-likeness (QED) is 0.861. The average Bonchev–Trinajstić information content (AvgIpc) is 3.21. The molecule has 1 amide bonds. The van der Waals surface area contributed by atoms with Crippen LogP contribution in [0, 0.1) is 0 Å². The van der Waals surface area contributed by atoms with Crippen molar-refractivity contribution in [3.63, 3.8) is 0 Å². The minimum atomic E-state index is -0.264. The molecule has 6 nitrogen and oxygen atoms in total. The van der Waals surface area contributed by atoms with Gasteiger partial charge in [0, 0.05) is 31.8 Å². The van der Waals surface area contributed by atoms with Crippen molar-refractivity contribution in [3.05, 3.63) is 23.2 Å². The lowest BCUT2D eigenvalue weighted by Crippen LogP contribution is -2.58. The van der Waals surface area contributed by atoms with E-state index in [2.05, 4.69) is 15.2 Å². The van der Waals surface area contributed by atoms with Crippen LogP contribution >= 0.6 is 22.9 Å². The van der Waals surface area contributed by atoms with Crippen molar-refractivity contribution < 1.29 is 14.3 Å². The summed E-state index contributed by atoms with van der Waals surface area (Å²) in [5, 5.41) is 4.19. The van der Waals surface area contributed by atoms with Gasteiger partial charge in [0.25, 0.3) is 0 Å². The van der Waals surface area contributed by atoms with Crippen molar-refractivity contribution in [3.8, 4) is 0 Å². The molecule has 0 unspecified atom stereocenters. The Morgan fingerprint density at radius 1 is 1.58 bits per heavy atom. The molecule has 2 aromatic rings. The summed E-state index contributed by atoms with van der Waals surface area (Å²) >= 11 is 7.44. The molecule has 2 saturated heterocycles. The Bertz CT molecular complexity index is 806. The number of thiazole rings is 1. The number of carbonyl (C=O) groups excluding carboxylic acids is 1. The highest BCUT2D eigenvalue weighted by molar-refractivity contribution is 7.22. The first-order valence-electron chi connectivity index (χ1n) is 8.83. The van der Waals surface area contributed by atoms with Gasteiger partial charge in [0.05, 0.1) is 22.9 Å². The molecule has 0 radical (unpaired) electrons. The monoisotopic (exact) mass is 395 g/mol. The highest BCUT2D eigenvalue weighted by Gasteiger charge is 2.47. The number of piperidine rings is 1. The fourth-order valence-corrected chi connectivity index (χ4v) is 5.16. The van der Waals surface area contributed by atoms with E-state index < -0.39 is 0 Å². The highest BCUT2D eigenvalue weighted by Crippen LogP contribution is 2.36. The number of carbonyl (C=O) groups is 1. The predicted molar refractivity (Wildman–Crippen MR) is 103 cm³/mol. The predicted octanol–water partition coefficient (Wildman–Crippen LogP) is 3.16. The van der Waals surface area contributed by atoms with Crippen LogP contribution in [-0.4, -0.2) is 60.8 Å². The van der Waals surface area contributed by atoms with Crippen LogP contribution in [0.2, 0.25) is 5.02 Å². The van der Waals surface area contributed by atoms with Gasteiger partial charge in [-0.05, 0) is 37.5 Å². The lowest BCUT2D eigenvalue weighted by molar-refractivity contribution is -0.146. The number of hydrogen-bond donors (Lipinski definition) is 1. The number of nitrogens with one attached hydrogen (secondary N) is 1. The van der Waals surface area contributed by atoms with E-state index >= 15 is 0 Å². The number of fused-ring (bicyclic) bond motifs is 1. The van der Waals surface area contributed by atoms with Crippen molar-refractivity contribution in [2.24, 2.45) is 0 Å². The van der Waals surface area contributed by atoms with Gasteiger partial charge in [-0.15, -0.1) is 0 Å². The summed E-state index contributed by atoms with van der Waals surface area (Å²) in [5.41, 5.74) is 0.578. The zero-order valence-corrected chi connectivity index (χ0v) is 16.2. The summed E-state index contributed by atoms with van der Waals surface area (Å²) in [5.74, 6) is -0.0563. The largest absolute Gasteiger partial charge is 0.378 e. The first-order chi connectivity index (χ1) is 12.6. The van der Waals surface area contributed by atoms with Crippen molar-refractivity contribution in [2.45, 2.75) is 31.0 Å². The van der Waals surface area contributed by atoms with E-state index in [0.29, 0.717) is 16.7 Å². The molecule has 1 aromatic heterocycles. The standard InChI is InChI=1S/C18H22ClN3O3S/c1-24-15-5-7-22(11-18(15)6-2-8-25-18)10-16(23)21-17-20-13-4-3-12(19)9-14(13)26-17/h3-4,9,15H,2,5-8,10-11H2,1H3,(H,20,21,23)/t15-,18+/m1/s1. The molecule has 8 heteroatoms. The fraction of sp³-hybridized carbons (Fsp3) is 0.556. The number of amides is 1. The van der Waals surface area contributed by atoms with Crippen molar-refractivity contribution >= 4 is 44.2 Å². The third-order valence-corrected chi connectivity index (χ3v) is 6.34. The van der Waals surface area contributed by atoms with Gasteiger partial charge in [-0.3, -0.25) is 9.69 Å². The van der Waals surface area contributed by atoms with E-state index in [9.17, 15) is 4.79 Å². The zero-order chi connectivity index (χ0) is 18.1. The number of aromatic nitrogens is 1. The Kier molecular flexibility index (Phi) is 5.16. The summed E-state index contributed by atoms with van der Waals surface area (Å²) in [6.07, 6.45) is 3.03. The third kappa shape index (κ3) is 3.59. The number of nitrogens with zero attached hydrogens (tertiary/aromatic N) is 2. The smallest absolute Gasteiger partial charge is 0.240 e.